The standard InChI is InChI=1S/C15H22N4O2/c1-11-4-3-8-18(11)13-7-9-17(10-13)15-6-5-14(19(20)21)12(2)16-15/h5-6,11,13H,3-4,7-10H2,1-2H3/t11-,13-/m0/s1. The van der Waals surface area contributed by atoms with E-state index in [4.69, 9.17) is 0 Å². The molecule has 2 aliphatic heterocycles. The van der Waals surface area contributed by atoms with Crippen LogP contribution in [0, 0.1) is 17.0 Å². The molecule has 2 saturated heterocycles. The third kappa shape index (κ3) is 2.72. The molecular formula is C15H22N4O2. The molecule has 0 aliphatic carbocycles. The topological polar surface area (TPSA) is 62.5 Å². The van der Waals surface area contributed by atoms with Crippen molar-refractivity contribution in [1.82, 2.24) is 9.88 Å². The number of likely N-dealkylation sites (tertiary alicyclic amines) is 1. The Labute approximate surface area is 124 Å². The summed E-state index contributed by atoms with van der Waals surface area (Å²) in [4.78, 5) is 19.8. The number of rotatable bonds is 3. The van der Waals surface area contributed by atoms with Crippen molar-refractivity contribution in [2.24, 2.45) is 0 Å². The zero-order valence-corrected chi connectivity index (χ0v) is 12.7. The molecule has 1 aromatic rings. The molecule has 6 heteroatoms. The van der Waals surface area contributed by atoms with Crippen molar-refractivity contribution < 1.29 is 4.92 Å². The highest BCUT2D eigenvalue weighted by molar-refractivity contribution is 5.47. The zero-order chi connectivity index (χ0) is 15.0. The molecule has 0 amide bonds. The van der Waals surface area contributed by atoms with Gasteiger partial charge in [-0.25, -0.2) is 4.98 Å². The van der Waals surface area contributed by atoms with Crippen molar-refractivity contribution in [3.8, 4) is 0 Å². The average molecular weight is 290 g/mol. The Balaban J connectivity index is 1.71. The Morgan fingerprint density at radius 3 is 2.76 bits per heavy atom. The molecule has 0 spiro atoms. The van der Waals surface area contributed by atoms with Crippen LogP contribution >= 0.6 is 0 Å². The summed E-state index contributed by atoms with van der Waals surface area (Å²) in [6.45, 7) is 7.18. The van der Waals surface area contributed by atoms with Crippen LogP contribution in [0.15, 0.2) is 12.1 Å². The monoisotopic (exact) mass is 290 g/mol. The number of pyridine rings is 1. The maximum atomic E-state index is 10.9. The van der Waals surface area contributed by atoms with Crippen LogP contribution in [0.5, 0.6) is 0 Å². The lowest BCUT2D eigenvalue weighted by atomic mass is 10.2. The summed E-state index contributed by atoms with van der Waals surface area (Å²) in [7, 11) is 0. The Bertz CT molecular complexity index is 548. The van der Waals surface area contributed by atoms with Crippen LogP contribution in [0.2, 0.25) is 0 Å². The predicted octanol–water partition coefficient (Wildman–Crippen LogP) is 2.36. The molecule has 2 fully saturated rings. The molecule has 1 aromatic heterocycles. The first kappa shape index (κ1) is 14.3. The van der Waals surface area contributed by atoms with Gasteiger partial charge in [0, 0.05) is 31.2 Å². The second-order valence-corrected chi connectivity index (χ2v) is 6.15. The summed E-state index contributed by atoms with van der Waals surface area (Å²) >= 11 is 0. The Morgan fingerprint density at radius 1 is 1.33 bits per heavy atom. The molecule has 21 heavy (non-hydrogen) atoms. The van der Waals surface area contributed by atoms with Gasteiger partial charge in [-0.05, 0) is 45.7 Å². The van der Waals surface area contributed by atoms with E-state index in [0.717, 1.165) is 25.3 Å². The molecular weight excluding hydrogens is 268 g/mol. The van der Waals surface area contributed by atoms with Gasteiger partial charge >= 0.3 is 0 Å². The molecule has 3 heterocycles. The predicted molar refractivity (Wildman–Crippen MR) is 81.6 cm³/mol. The first-order valence-electron chi connectivity index (χ1n) is 7.69. The summed E-state index contributed by atoms with van der Waals surface area (Å²) in [6, 6.07) is 4.63. The minimum absolute atomic E-state index is 0.0997. The van der Waals surface area contributed by atoms with Gasteiger partial charge in [-0.15, -0.1) is 0 Å². The second-order valence-electron chi connectivity index (χ2n) is 6.15. The molecule has 3 rings (SSSR count). The van der Waals surface area contributed by atoms with Crippen LogP contribution in [0.25, 0.3) is 0 Å². The van der Waals surface area contributed by atoms with E-state index >= 15 is 0 Å². The number of aromatic nitrogens is 1. The normalized spacial score (nSPS) is 26.5. The highest BCUT2D eigenvalue weighted by atomic mass is 16.6. The van der Waals surface area contributed by atoms with E-state index in [1.165, 1.54) is 19.4 Å². The molecule has 0 radical (unpaired) electrons. The van der Waals surface area contributed by atoms with Gasteiger partial charge in [-0.2, -0.15) is 0 Å². The largest absolute Gasteiger partial charge is 0.355 e. The quantitative estimate of drug-likeness (QED) is 0.631. The average Bonchev–Trinajstić information content (AvgIpc) is 3.06. The Morgan fingerprint density at radius 2 is 2.14 bits per heavy atom. The van der Waals surface area contributed by atoms with Gasteiger partial charge < -0.3 is 4.90 Å². The third-order valence-electron chi connectivity index (χ3n) is 4.80. The minimum atomic E-state index is -0.370. The van der Waals surface area contributed by atoms with E-state index in [2.05, 4.69) is 21.7 Å². The van der Waals surface area contributed by atoms with Crippen molar-refractivity contribution in [2.75, 3.05) is 24.5 Å². The van der Waals surface area contributed by atoms with Gasteiger partial charge in [0.05, 0.1) is 4.92 Å². The van der Waals surface area contributed by atoms with Crippen LogP contribution in [-0.4, -0.2) is 46.5 Å². The summed E-state index contributed by atoms with van der Waals surface area (Å²) < 4.78 is 0. The summed E-state index contributed by atoms with van der Waals surface area (Å²) in [5.41, 5.74) is 0.596. The van der Waals surface area contributed by atoms with Gasteiger partial charge in [0.25, 0.3) is 5.69 Å². The molecule has 0 aromatic carbocycles. The van der Waals surface area contributed by atoms with E-state index in [9.17, 15) is 10.1 Å². The van der Waals surface area contributed by atoms with Gasteiger partial charge in [0.2, 0.25) is 0 Å². The van der Waals surface area contributed by atoms with Crippen molar-refractivity contribution >= 4 is 11.5 Å². The molecule has 0 saturated carbocycles. The SMILES string of the molecule is Cc1nc(N2CC[C@H](N3CCC[C@@H]3C)C2)ccc1[N+](=O)[O-]. The molecule has 114 valence electrons. The fourth-order valence-corrected chi connectivity index (χ4v) is 3.63. The van der Waals surface area contributed by atoms with Crippen molar-refractivity contribution in [2.45, 2.75) is 45.2 Å². The molecule has 0 bridgehead atoms. The molecule has 2 aliphatic rings. The molecule has 6 nitrogen and oxygen atoms in total. The number of hydrogen-bond donors (Lipinski definition) is 0. The van der Waals surface area contributed by atoms with Gasteiger partial charge in [0.1, 0.15) is 11.5 Å². The fourth-order valence-electron chi connectivity index (χ4n) is 3.63. The number of aryl methyl sites for hydroxylation is 1. The fraction of sp³-hybridized carbons (Fsp3) is 0.667. The number of nitrogens with zero attached hydrogens (tertiary/aromatic N) is 4. The van der Waals surface area contributed by atoms with Gasteiger partial charge in [-0.3, -0.25) is 15.0 Å². The van der Waals surface area contributed by atoms with E-state index in [0.29, 0.717) is 17.8 Å². The van der Waals surface area contributed by atoms with Crippen molar-refractivity contribution in [3.05, 3.63) is 27.9 Å². The first-order valence-corrected chi connectivity index (χ1v) is 7.69. The second kappa shape index (κ2) is 5.60. The van der Waals surface area contributed by atoms with Crippen LogP contribution in [0.3, 0.4) is 0 Å². The molecule has 0 unspecified atom stereocenters. The summed E-state index contributed by atoms with van der Waals surface area (Å²) in [6.07, 6.45) is 3.75. The number of nitro groups is 1. The molecule has 2 atom stereocenters. The van der Waals surface area contributed by atoms with E-state index in [-0.39, 0.29) is 10.6 Å². The maximum absolute atomic E-state index is 10.9. The zero-order valence-electron chi connectivity index (χ0n) is 12.7. The highest BCUT2D eigenvalue weighted by Crippen LogP contribution is 2.28. The Kier molecular flexibility index (Phi) is 3.80. The first-order chi connectivity index (χ1) is 10.1. The van der Waals surface area contributed by atoms with E-state index in [1.54, 1.807) is 19.1 Å². The summed E-state index contributed by atoms with van der Waals surface area (Å²) in [5, 5.41) is 10.9. The van der Waals surface area contributed by atoms with Crippen LogP contribution < -0.4 is 4.90 Å². The van der Waals surface area contributed by atoms with Crippen LogP contribution in [0.4, 0.5) is 11.5 Å². The van der Waals surface area contributed by atoms with E-state index < -0.39 is 0 Å². The maximum Gasteiger partial charge on any atom is 0.290 e. The highest BCUT2D eigenvalue weighted by Gasteiger charge is 2.33. The minimum Gasteiger partial charge on any atom is -0.355 e. The molecule has 0 N–H and O–H groups in total. The van der Waals surface area contributed by atoms with Crippen LogP contribution in [0.1, 0.15) is 31.9 Å². The van der Waals surface area contributed by atoms with Crippen LogP contribution in [-0.2, 0) is 0 Å². The van der Waals surface area contributed by atoms with Gasteiger partial charge in [0.15, 0.2) is 0 Å². The van der Waals surface area contributed by atoms with Gasteiger partial charge in [-0.1, -0.05) is 0 Å². The lowest BCUT2D eigenvalue weighted by Crippen LogP contribution is -2.39. The number of anilines is 1. The lowest BCUT2D eigenvalue weighted by molar-refractivity contribution is -0.385. The smallest absolute Gasteiger partial charge is 0.290 e. The van der Waals surface area contributed by atoms with Crippen molar-refractivity contribution in [3.63, 3.8) is 0 Å². The van der Waals surface area contributed by atoms with Crippen molar-refractivity contribution in [1.29, 1.82) is 0 Å². The number of hydrogen-bond acceptors (Lipinski definition) is 5. The summed E-state index contributed by atoms with van der Waals surface area (Å²) in [5.74, 6) is 0.868. The Hall–Kier alpha value is -1.69. The third-order valence-corrected chi connectivity index (χ3v) is 4.80. The lowest BCUT2D eigenvalue weighted by Gasteiger charge is -2.28. The van der Waals surface area contributed by atoms with E-state index in [1.807, 2.05) is 0 Å².